The molecule has 0 radical (unpaired) electrons. The van der Waals surface area contributed by atoms with Crippen molar-refractivity contribution in [2.24, 2.45) is 0 Å². The Morgan fingerprint density at radius 1 is 0.739 bits per heavy atom. The molecular formula is C31H38F5N3O7. The van der Waals surface area contributed by atoms with Gasteiger partial charge in [0.25, 0.3) is 0 Å². The zero-order valence-corrected chi connectivity index (χ0v) is 25.8. The van der Waals surface area contributed by atoms with Crippen LogP contribution in [-0.2, 0) is 25.7 Å². The fourth-order valence-electron chi connectivity index (χ4n) is 3.88. The Morgan fingerprint density at radius 2 is 1.33 bits per heavy atom. The zero-order chi connectivity index (χ0) is 34.3. The van der Waals surface area contributed by atoms with Crippen LogP contribution in [0.1, 0.15) is 71.3 Å². The Balaban J connectivity index is 1.84. The average Bonchev–Trinajstić information content (AvgIpc) is 3.00. The molecule has 0 saturated carbocycles. The smallest absolute Gasteiger partial charge is 0.408 e. The lowest BCUT2D eigenvalue weighted by atomic mass is 10.1. The van der Waals surface area contributed by atoms with Crippen molar-refractivity contribution in [1.29, 1.82) is 0 Å². The van der Waals surface area contributed by atoms with Gasteiger partial charge in [-0.15, -0.1) is 0 Å². The van der Waals surface area contributed by atoms with E-state index in [9.17, 15) is 41.1 Å². The minimum Gasteiger partial charge on any atom is -0.445 e. The molecule has 254 valence electrons. The number of nitrogens with one attached hydrogen (secondary N) is 3. The zero-order valence-electron chi connectivity index (χ0n) is 25.8. The molecule has 0 aliphatic carbocycles. The van der Waals surface area contributed by atoms with Crippen molar-refractivity contribution in [3.05, 3.63) is 65.0 Å². The van der Waals surface area contributed by atoms with Gasteiger partial charge in [0.2, 0.25) is 40.7 Å². The second kappa shape index (κ2) is 18.5. The maximum Gasteiger partial charge on any atom is 0.408 e. The van der Waals surface area contributed by atoms with E-state index in [0.29, 0.717) is 37.8 Å². The molecule has 2 aromatic rings. The van der Waals surface area contributed by atoms with Gasteiger partial charge < -0.3 is 30.2 Å². The van der Waals surface area contributed by atoms with Crippen LogP contribution in [0.5, 0.6) is 5.75 Å². The second-order valence-electron chi connectivity index (χ2n) is 11.2. The summed E-state index contributed by atoms with van der Waals surface area (Å²) < 4.78 is 83.4. The molecule has 3 N–H and O–H groups in total. The van der Waals surface area contributed by atoms with Gasteiger partial charge in [0, 0.05) is 19.5 Å². The number of hydrogen-bond acceptors (Lipinski definition) is 7. The highest BCUT2D eigenvalue weighted by Gasteiger charge is 2.31. The van der Waals surface area contributed by atoms with Crippen LogP contribution in [0, 0.1) is 29.1 Å². The standard InChI is InChI=1S/C31H38F5N3O7/c1-31(2,3)46-29(42)38-17-10-5-8-15-21(40)37-16-11-9-14-20(39-30(43)44-18-19-12-6-4-7-13-19)28(41)45-27-25(35)23(33)22(32)24(34)26(27)36/h4,6-7,12-13,20H,5,8-11,14-18H2,1-3H3,(H,37,40)(H,38,42)(H,39,43). The van der Waals surface area contributed by atoms with Gasteiger partial charge in [0.1, 0.15) is 18.2 Å². The first-order valence-corrected chi connectivity index (χ1v) is 14.6. The highest BCUT2D eigenvalue weighted by molar-refractivity contribution is 5.83. The summed E-state index contributed by atoms with van der Waals surface area (Å²) in [6.07, 6.45) is 0.814. The largest absolute Gasteiger partial charge is 0.445 e. The van der Waals surface area contributed by atoms with Gasteiger partial charge in [-0.2, -0.15) is 8.78 Å². The van der Waals surface area contributed by atoms with E-state index < -0.39 is 64.6 Å². The van der Waals surface area contributed by atoms with E-state index in [1.807, 2.05) is 0 Å². The first-order chi connectivity index (χ1) is 21.7. The van der Waals surface area contributed by atoms with E-state index >= 15 is 0 Å². The lowest BCUT2D eigenvalue weighted by Crippen LogP contribution is -2.43. The Kier molecular flexibility index (Phi) is 15.2. The average molecular weight is 660 g/mol. The Labute approximate surface area is 263 Å². The number of amides is 3. The van der Waals surface area contributed by atoms with Gasteiger partial charge in [-0.3, -0.25) is 4.79 Å². The summed E-state index contributed by atoms with van der Waals surface area (Å²) in [5.74, 6) is -15.3. The van der Waals surface area contributed by atoms with Crippen molar-refractivity contribution < 1.29 is 55.3 Å². The van der Waals surface area contributed by atoms with E-state index in [2.05, 4.69) is 20.7 Å². The fraction of sp³-hybridized carbons (Fsp3) is 0.484. The number of unbranched alkanes of at least 4 members (excludes halogenated alkanes) is 3. The number of halogens is 5. The highest BCUT2D eigenvalue weighted by atomic mass is 19.2. The fourth-order valence-corrected chi connectivity index (χ4v) is 3.88. The number of carbonyl (C=O) groups excluding carboxylic acids is 4. The van der Waals surface area contributed by atoms with Crippen molar-refractivity contribution in [2.45, 2.75) is 84.0 Å². The SMILES string of the molecule is CC(C)(C)OC(=O)NCCCCCC(=O)NCCCCC(NC(=O)OCc1ccccc1)C(=O)Oc1c(F)c(F)c(F)c(F)c1F. The van der Waals surface area contributed by atoms with Crippen LogP contribution in [0.4, 0.5) is 31.5 Å². The molecule has 46 heavy (non-hydrogen) atoms. The molecule has 0 bridgehead atoms. The minimum atomic E-state index is -2.42. The third-order valence-electron chi connectivity index (χ3n) is 6.15. The van der Waals surface area contributed by atoms with Crippen LogP contribution in [0.2, 0.25) is 0 Å². The van der Waals surface area contributed by atoms with Crippen LogP contribution < -0.4 is 20.7 Å². The van der Waals surface area contributed by atoms with Gasteiger partial charge in [-0.05, 0) is 58.4 Å². The molecule has 2 aromatic carbocycles. The topological polar surface area (TPSA) is 132 Å². The predicted octanol–water partition coefficient (Wildman–Crippen LogP) is 5.95. The molecule has 2 rings (SSSR count). The van der Waals surface area contributed by atoms with Gasteiger partial charge in [-0.1, -0.05) is 36.8 Å². The summed E-state index contributed by atoms with van der Waals surface area (Å²) in [6.45, 7) is 5.68. The van der Waals surface area contributed by atoms with Crippen molar-refractivity contribution in [3.8, 4) is 5.75 Å². The molecule has 1 atom stereocenters. The van der Waals surface area contributed by atoms with Crippen LogP contribution in [0.25, 0.3) is 0 Å². The first-order valence-electron chi connectivity index (χ1n) is 14.6. The Bertz CT molecular complexity index is 1310. The highest BCUT2D eigenvalue weighted by Crippen LogP contribution is 2.29. The molecule has 15 heteroatoms. The van der Waals surface area contributed by atoms with Crippen LogP contribution >= 0.6 is 0 Å². The molecule has 0 aliphatic rings. The van der Waals surface area contributed by atoms with E-state index in [1.165, 1.54) is 0 Å². The third kappa shape index (κ3) is 13.3. The lowest BCUT2D eigenvalue weighted by molar-refractivity contribution is -0.137. The van der Waals surface area contributed by atoms with E-state index in [0.717, 1.165) is 0 Å². The van der Waals surface area contributed by atoms with Crippen LogP contribution in [0.3, 0.4) is 0 Å². The minimum absolute atomic E-state index is 0.173. The molecule has 1 unspecified atom stereocenters. The Morgan fingerprint density at radius 3 is 1.96 bits per heavy atom. The van der Waals surface area contributed by atoms with Crippen LogP contribution in [0.15, 0.2) is 30.3 Å². The quantitative estimate of drug-likeness (QED) is 0.0507. The lowest BCUT2D eigenvalue weighted by Gasteiger charge is -2.19. The molecule has 0 fully saturated rings. The number of alkyl carbamates (subject to hydrolysis) is 2. The molecule has 0 aromatic heterocycles. The third-order valence-corrected chi connectivity index (χ3v) is 6.15. The molecule has 10 nitrogen and oxygen atoms in total. The van der Waals surface area contributed by atoms with Gasteiger partial charge >= 0.3 is 18.2 Å². The monoisotopic (exact) mass is 659 g/mol. The molecule has 0 saturated heterocycles. The number of esters is 1. The van der Waals surface area contributed by atoms with Gasteiger partial charge in [0.05, 0.1) is 0 Å². The summed E-state index contributed by atoms with van der Waals surface area (Å²) in [4.78, 5) is 48.8. The van der Waals surface area contributed by atoms with Crippen molar-refractivity contribution in [1.82, 2.24) is 16.0 Å². The van der Waals surface area contributed by atoms with Crippen molar-refractivity contribution in [3.63, 3.8) is 0 Å². The van der Waals surface area contributed by atoms with Crippen LogP contribution in [-0.4, -0.2) is 48.8 Å². The molecule has 0 spiro atoms. The van der Waals surface area contributed by atoms with Crippen molar-refractivity contribution in [2.75, 3.05) is 13.1 Å². The number of ether oxygens (including phenoxy) is 3. The number of benzene rings is 2. The predicted molar refractivity (Wildman–Crippen MR) is 155 cm³/mol. The summed E-state index contributed by atoms with van der Waals surface area (Å²) in [7, 11) is 0. The maximum atomic E-state index is 14.1. The molecular weight excluding hydrogens is 621 g/mol. The van der Waals surface area contributed by atoms with E-state index in [-0.39, 0.29) is 38.3 Å². The molecule has 0 heterocycles. The summed E-state index contributed by atoms with van der Waals surface area (Å²) in [6, 6.07) is 6.88. The maximum absolute atomic E-state index is 14.1. The Hall–Kier alpha value is -4.43. The molecule has 0 aliphatic heterocycles. The molecule has 3 amide bonds. The van der Waals surface area contributed by atoms with Crippen molar-refractivity contribution >= 4 is 24.1 Å². The first kappa shape index (κ1) is 37.8. The second-order valence-corrected chi connectivity index (χ2v) is 11.2. The number of hydrogen-bond donors (Lipinski definition) is 3. The number of carbonyl (C=O) groups is 4. The summed E-state index contributed by atoms with van der Waals surface area (Å²) in [5.41, 5.74) is 0.0213. The normalized spacial score (nSPS) is 11.7. The summed E-state index contributed by atoms with van der Waals surface area (Å²) >= 11 is 0. The number of rotatable bonds is 16. The van der Waals surface area contributed by atoms with E-state index in [4.69, 9.17) is 9.47 Å². The van der Waals surface area contributed by atoms with Gasteiger partial charge in [-0.25, -0.2) is 27.6 Å². The van der Waals surface area contributed by atoms with Gasteiger partial charge in [0.15, 0.2) is 0 Å². The van der Waals surface area contributed by atoms with E-state index in [1.54, 1.807) is 51.1 Å². The summed E-state index contributed by atoms with van der Waals surface area (Å²) in [5, 5.41) is 7.51.